The highest BCUT2D eigenvalue weighted by molar-refractivity contribution is 9.10. The molecule has 3 aromatic heterocycles. The Balaban J connectivity index is 1.87. The van der Waals surface area contributed by atoms with Crippen molar-refractivity contribution in [2.75, 3.05) is 5.32 Å². The van der Waals surface area contributed by atoms with E-state index in [4.69, 9.17) is 5.73 Å². The van der Waals surface area contributed by atoms with Crippen molar-refractivity contribution in [2.45, 2.75) is 0 Å². The van der Waals surface area contributed by atoms with Gasteiger partial charge < -0.3 is 11.1 Å². The maximum absolute atomic E-state index is 12.4. The third-order valence-electron chi connectivity index (χ3n) is 3.32. The zero-order chi connectivity index (χ0) is 18.0. The number of nitrogens with two attached hydrogens (primary N) is 1. The Hall–Kier alpha value is -3.07. The van der Waals surface area contributed by atoms with Crippen molar-refractivity contribution in [3.05, 3.63) is 58.7 Å². The van der Waals surface area contributed by atoms with Crippen LogP contribution in [0.2, 0.25) is 0 Å². The Morgan fingerprint density at radius 3 is 2.72 bits per heavy atom. The van der Waals surface area contributed by atoms with Gasteiger partial charge in [-0.3, -0.25) is 14.3 Å². The Bertz CT molecular complexity index is 952. The van der Waals surface area contributed by atoms with Crippen LogP contribution < -0.4 is 11.1 Å². The van der Waals surface area contributed by atoms with Gasteiger partial charge in [-0.2, -0.15) is 5.10 Å². The smallest absolute Gasteiger partial charge is 0.274 e. The zero-order valence-corrected chi connectivity index (χ0v) is 14.7. The summed E-state index contributed by atoms with van der Waals surface area (Å²) in [6, 6.07) is 8.70. The molecule has 3 rings (SSSR count). The van der Waals surface area contributed by atoms with E-state index in [2.05, 4.69) is 36.3 Å². The van der Waals surface area contributed by atoms with Gasteiger partial charge >= 0.3 is 0 Å². The number of primary amides is 1. The second kappa shape index (κ2) is 6.81. The second-order valence-corrected chi connectivity index (χ2v) is 5.97. The van der Waals surface area contributed by atoms with Crippen LogP contribution in [0, 0.1) is 0 Å². The lowest BCUT2D eigenvalue weighted by molar-refractivity contribution is 0.0995. The summed E-state index contributed by atoms with van der Waals surface area (Å²) in [5, 5.41) is 6.53. The number of aryl methyl sites for hydroxylation is 1. The lowest BCUT2D eigenvalue weighted by atomic mass is 10.2. The molecule has 0 spiro atoms. The van der Waals surface area contributed by atoms with Crippen LogP contribution in [0.4, 0.5) is 5.69 Å². The van der Waals surface area contributed by atoms with Crippen LogP contribution in [0.1, 0.15) is 21.0 Å². The largest absolute Gasteiger partial charge is 0.364 e. The first kappa shape index (κ1) is 16.8. The SMILES string of the molecule is Cn1cc(NC(=O)c2cccc(-c3ccc(Br)nc3)n2)c(C(N)=O)n1. The molecule has 0 unspecified atom stereocenters. The van der Waals surface area contributed by atoms with Crippen molar-refractivity contribution in [2.24, 2.45) is 12.8 Å². The summed E-state index contributed by atoms with van der Waals surface area (Å²) in [4.78, 5) is 32.3. The van der Waals surface area contributed by atoms with Gasteiger partial charge in [0.15, 0.2) is 5.69 Å². The standard InChI is InChI=1S/C16H13BrN6O2/c1-23-8-12(14(22-23)15(18)24)21-16(25)11-4-2-3-10(20-11)9-5-6-13(17)19-7-9/h2-8H,1H3,(H2,18,24)(H,21,25). The molecule has 8 nitrogen and oxygen atoms in total. The highest BCUT2D eigenvalue weighted by Crippen LogP contribution is 2.19. The number of nitrogens with zero attached hydrogens (tertiary/aromatic N) is 4. The summed E-state index contributed by atoms with van der Waals surface area (Å²) < 4.78 is 2.10. The van der Waals surface area contributed by atoms with Gasteiger partial charge in [-0.1, -0.05) is 6.07 Å². The molecule has 0 fully saturated rings. The number of nitrogens with one attached hydrogen (secondary N) is 1. The fourth-order valence-electron chi connectivity index (χ4n) is 2.20. The van der Waals surface area contributed by atoms with Gasteiger partial charge in [-0.05, 0) is 40.2 Å². The van der Waals surface area contributed by atoms with Crippen molar-refractivity contribution < 1.29 is 9.59 Å². The van der Waals surface area contributed by atoms with Crippen molar-refractivity contribution in [1.82, 2.24) is 19.7 Å². The molecule has 2 amide bonds. The van der Waals surface area contributed by atoms with Crippen LogP contribution in [0.25, 0.3) is 11.3 Å². The first-order chi connectivity index (χ1) is 11.9. The molecule has 9 heteroatoms. The number of halogens is 1. The van der Waals surface area contributed by atoms with Crippen LogP contribution in [0.15, 0.2) is 47.3 Å². The van der Waals surface area contributed by atoms with E-state index in [9.17, 15) is 9.59 Å². The van der Waals surface area contributed by atoms with Gasteiger partial charge in [0.25, 0.3) is 11.8 Å². The highest BCUT2D eigenvalue weighted by atomic mass is 79.9. The minimum atomic E-state index is -0.724. The van der Waals surface area contributed by atoms with Crippen LogP contribution in [-0.4, -0.2) is 31.6 Å². The number of hydrogen-bond acceptors (Lipinski definition) is 5. The van der Waals surface area contributed by atoms with Crippen LogP contribution >= 0.6 is 15.9 Å². The molecule has 0 atom stereocenters. The third-order valence-corrected chi connectivity index (χ3v) is 3.78. The Labute approximate surface area is 151 Å². The Kier molecular flexibility index (Phi) is 4.57. The first-order valence-corrected chi connectivity index (χ1v) is 7.97. The maximum Gasteiger partial charge on any atom is 0.274 e. The molecule has 0 bridgehead atoms. The molecular weight excluding hydrogens is 388 g/mol. The molecule has 3 N–H and O–H groups in total. The number of aromatic nitrogens is 4. The predicted octanol–water partition coefficient (Wildman–Crippen LogP) is 1.99. The minimum Gasteiger partial charge on any atom is -0.364 e. The van der Waals surface area contributed by atoms with Crippen LogP contribution in [0.3, 0.4) is 0 Å². The predicted molar refractivity (Wildman–Crippen MR) is 94.8 cm³/mol. The Morgan fingerprint density at radius 2 is 2.04 bits per heavy atom. The molecule has 0 radical (unpaired) electrons. The van der Waals surface area contributed by atoms with Gasteiger partial charge in [-0.15, -0.1) is 0 Å². The van der Waals surface area contributed by atoms with Crippen molar-refractivity contribution in [3.8, 4) is 11.3 Å². The van der Waals surface area contributed by atoms with E-state index in [0.717, 1.165) is 5.56 Å². The van der Waals surface area contributed by atoms with Gasteiger partial charge in [0.05, 0.1) is 11.4 Å². The van der Waals surface area contributed by atoms with E-state index in [-0.39, 0.29) is 17.1 Å². The summed E-state index contributed by atoms with van der Waals surface area (Å²) in [5.41, 5.74) is 7.06. The fraction of sp³-hybridized carbons (Fsp3) is 0.0625. The van der Waals surface area contributed by atoms with Crippen LogP contribution in [0.5, 0.6) is 0 Å². The normalized spacial score (nSPS) is 10.5. The fourth-order valence-corrected chi connectivity index (χ4v) is 2.43. The molecule has 0 aliphatic heterocycles. The molecule has 0 aliphatic rings. The van der Waals surface area contributed by atoms with Gasteiger partial charge in [0.1, 0.15) is 10.3 Å². The van der Waals surface area contributed by atoms with E-state index in [1.807, 2.05) is 6.07 Å². The molecule has 0 aromatic carbocycles. The first-order valence-electron chi connectivity index (χ1n) is 7.18. The average Bonchev–Trinajstić information content (AvgIpc) is 2.96. The van der Waals surface area contributed by atoms with E-state index in [1.165, 1.54) is 10.9 Å². The van der Waals surface area contributed by atoms with E-state index < -0.39 is 11.8 Å². The van der Waals surface area contributed by atoms with Crippen LogP contribution in [-0.2, 0) is 7.05 Å². The molecule has 3 heterocycles. The minimum absolute atomic E-state index is 0.0101. The number of hydrogen-bond donors (Lipinski definition) is 2. The van der Waals surface area contributed by atoms with Crippen molar-refractivity contribution in [3.63, 3.8) is 0 Å². The Morgan fingerprint density at radius 1 is 1.24 bits per heavy atom. The molecule has 0 saturated carbocycles. The average molecular weight is 401 g/mol. The lowest BCUT2D eigenvalue weighted by Gasteiger charge is -2.06. The lowest BCUT2D eigenvalue weighted by Crippen LogP contribution is -2.18. The van der Waals surface area contributed by atoms with E-state index in [1.54, 1.807) is 37.5 Å². The quantitative estimate of drug-likeness (QED) is 0.649. The second-order valence-electron chi connectivity index (χ2n) is 5.16. The highest BCUT2D eigenvalue weighted by Gasteiger charge is 2.17. The molecule has 126 valence electrons. The number of anilines is 1. The maximum atomic E-state index is 12.4. The van der Waals surface area contributed by atoms with Gasteiger partial charge in [-0.25, -0.2) is 9.97 Å². The molecule has 0 aliphatic carbocycles. The third kappa shape index (κ3) is 3.72. The molecule has 3 aromatic rings. The number of carbonyl (C=O) groups is 2. The monoisotopic (exact) mass is 400 g/mol. The summed E-state index contributed by atoms with van der Waals surface area (Å²) in [5.74, 6) is -1.19. The summed E-state index contributed by atoms with van der Waals surface area (Å²) >= 11 is 3.27. The molecule has 25 heavy (non-hydrogen) atoms. The van der Waals surface area contributed by atoms with Gasteiger partial charge in [0, 0.05) is 25.0 Å². The molecular formula is C16H13BrN6O2. The summed E-state index contributed by atoms with van der Waals surface area (Å²) in [7, 11) is 1.63. The topological polar surface area (TPSA) is 116 Å². The summed E-state index contributed by atoms with van der Waals surface area (Å²) in [6.07, 6.45) is 3.15. The zero-order valence-electron chi connectivity index (χ0n) is 13.1. The number of rotatable bonds is 4. The van der Waals surface area contributed by atoms with Crippen molar-refractivity contribution in [1.29, 1.82) is 0 Å². The van der Waals surface area contributed by atoms with Gasteiger partial charge in [0.2, 0.25) is 0 Å². The van der Waals surface area contributed by atoms with E-state index in [0.29, 0.717) is 10.3 Å². The number of amides is 2. The van der Waals surface area contributed by atoms with E-state index >= 15 is 0 Å². The molecule has 0 saturated heterocycles. The van der Waals surface area contributed by atoms with Crippen molar-refractivity contribution >= 4 is 33.4 Å². The number of pyridine rings is 2. The summed E-state index contributed by atoms with van der Waals surface area (Å²) in [6.45, 7) is 0. The number of carbonyl (C=O) groups excluding carboxylic acids is 2.